The fourth-order valence-electron chi connectivity index (χ4n) is 2.03. The van der Waals surface area contributed by atoms with Crippen LogP contribution in [0.15, 0.2) is 36.4 Å². The summed E-state index contributed by atoms with van der Waals surface area (Å²) in [5, 5.41) is 1.12. The van der Waals surface area contributed by atoms with Crippen molar-refractivity contribution in [3.8, 4) is 0 Å². The number of benzene rings is 1. The molecule has 0 fully saturated rings. The highest BCUT2D eigenvalue weighted by Gasteiger charge is 2.14. The first-order chi connectivity index (χ1) is 9.56. The normalized spacial score (nSPS) is 12.6. The smallest absolute Gasteiger partial charge is 0.306 e. The first-order valence-corrected chi connectivity index (χ1v) is 7.07. The first-order valence-electron chi connectivity index (χ1n) is 7.07. The SMILES string of the molecule is CC(C)COC(=O)CC(C)c1ccc2ccccc2n1. The highest BCUT2D eigenvalue weighted by atomic mass is 16.5. The summed E-state index contributed by atoms with van der Waals surface area (Å²) in [5.41, 5.74) is 1.90. The number of fused-ring (bicyclic) bond motifs is 1. The molecule has 2 rings (SSSR count). The summed E-state index contributed by atoms with van der Waals surface area (Å²) < 4.78 is 5.22. The van der Waals surface area contributed by atoms with Gasteiger partial charge in [-0.25, -0.2) is 0 Å². The van der Waals surface area contributed by atoms with E-state index in [4.69, 9.17) is 4.74 Å². The van der Waals surface area contributed by atoms with Gasteiger partial charge in [-0.3, -0.25) is 9.78 Å². The second kappa shape index (κ2) is 6.51. The number of carbonyl (C=O) groups is 1. The van der Waals surface area contributed by atoms with Gasteiger partial charge in [0.1, 0.15) is 0 Å². The van der Waals surface area contributed by atoms with Crippen LogP contribution in [0.2, 0.25) is 0 Å². The number of esters is 1. The quantitative estimate of drug-likeness (QED) is 0.773. The van der Waals surface area contributed by atoms with Gasteiger partial charge in [0.05, 0.1) is 18.5 Å². The Hall–Kier alpha value is -1.90. The van der Waals surface area contributed by atoms with Gasteiger partial charge in [-0.05, 0) is 18.1 Å². The molecule has 3 heteroatoms. The topological polar surface area (TPSA) is 39.2 Å². The zero-order chi connectivity index (χ0) is 14.5. The summed E-state index contributed by atoms with van der Waals surface area (Å²) >= 11 is 0. The third-order valence-corrected chi connectivity index (χ3v) is 3.18. The average Bonchev–Trinajstić information content (AvgIpc) is 2.44. The third kappa shape index (κ3) is 3.80. The van der Waals surface area contributed by atoms with Crippen LogP contribution < -0.4 is 0 Å². The molecule has 2 aromatic rings. The molecule has 0 amide bonds. The van der Waals surface area contributed by atoms with Gasteiger partial charge in [0.2, 0.25) is 0 Å². The molecule has 1 heterocycles. The lowest BCUT2D eigenvalue weighted by atomic mass is 10.0. The molecule has 0 spiro atoms. The lowest BCUT2D eigenvalue weighted by Gasteiger charge is -2.12. The van der Waals surface area contributed by atoms with Crippen LogP contribution in [0.25, 0.3) is 10.9 Å². The zero-order valence-electron chi connectivity index (χ0n) is 12.3. The van der Waals surface area contributed by atoms with E-state index >= 15 is 0 Å². The molecule has 1 unspecified atom stereocenters. The van der Waals surface area contributed by atoms with Crippen LogP contribution in [0.3, 0.4) is 0 Å². The Labute approximate surface area is 120 Å². The molecule has 0 aliphatic heterocycles. The number of pyridine rings is 1. The van der Waals surface area contributed by atoms with Crippen molar-refractivity contribution >= 4 is 16.9 Å². The van der Waals surface area contributed by atoms with Gasteiger partial charge >= 0.3 is 5.97 Å². The van der Waals surface area contributed by atoms with E-state index in [-0.39, 0.29) is 11.9 Å². The number of para-hydroxylation sites is 1. The Morgan fingerprint density at radius 1 is 1.15 bits per heavy atom. The molecule has 0 saturated heterocycles. The molecule has 0 aliphatic carbocycles. The largest absolute Gasteiger partial charge is 0.465 e. The monoisotopic (exact) mass is 271 g/mol. The standard InChI is InChI=1S/C17H21NO2/c1-12(2)11-20-17(19)10-13(3)15-9-8-14-6-4-5-7-16(14)18-15/h4-9,12-13H,10-11H2,1-3H3. The Balaban J connectivity index is 2.03. The lowest BCUT2D eigenvalue weighted by molar-refractivity contribution is -0.145. The number of hydrogen-bond acceptors (Lipinski definition) is 3. The number of carbonyl (C=O) groups excluding carboxylic acids is 1. The number of ether oxygens (including phenoxy) is 1. The van der Waals surface area contributed by atoms with Crippen LogP contribution in [-0.2, 0) is 9.53 Å². The molecule has 0 bridgehead atoms. The minimum Gasteiger partial charge on any atom is -0.465 e. The van der Waals surface area contributed by atoms with E-state index in [2.05, 4.69) is 4.98 Å². The summed E-state index contributed by atoms with van der Waals surface area (Å²) in [6, 6.07) is 12.0. The van der Waals surface area contributed by atoms with Crippen molar-refractivity contribution in [2.75, 3.05) is 6.61 Å². The van der Waals surface area contributed by atoms with Crippen LogP contribution in [0.1, 0.15) is 38.8 Å². The van der Waals surface area contributed by atoms with Crippen LogP contribution in [-0.4, -0.2) is 17.6 Å². The van der Waals surface area contributed by atoms with E-state index < -0.39 is 0 Å². The Bertz CT molecular complexity index is 592. The van der Waals surface area contributed by atoms with Gasteiger partial charge in [0.25, 0.3) is 0 Å². The minimum absolute atomic E-state index is 0.0688. The van der Waals surface area contributed by atoms with Crippen LogP contribution in [0.4, 0.5) is 0 Å². The molecule has 0 saturated carbocycles. The number of hydrogen-bond donors (Lipinski definition) is 0. The fraction of sp³-hybridized carbons (Fsp3) is 0.412. The number of nitrogens with zero attached hydrogens (tertiary/aromatic N) is 1. The molecule has 106 valence electrons. The molecule has 3 nitrogen and oxygen atoms in total. The highest BCUT2D eigenvalue weighted by Crippen LogP contribution is 2.21. The van der Waals surface area contributed by atoms with Crippen molar-refractivity contribution in [3.05, 3.63) is 42.1 Å². The fourth-order valence-corrected chi connectivity index (χ4v) is 2.03. The molecule has 0 radical (unpaired) electrons. The first kappa shape index (κ1) is 14.5. The van der Waals surface area contributed by atoms with Gasteiger partial charge in [0.15, 0.2) is 0 Å². The van der Waals surface area contributed by atoms with Crippen molar-refractivity contribution in [3.63, 3.8) is 0 Å². The van der Waals surface area contributed by atoms with E-state index in [0.717, 1.165) is 16.6 Å². The van der Waals surface area contributed by atoms with Crippen LogP contribution >= 0.6 is 0 Å². The maximum Gasteiger partial charge on any atom is 0.306 e. The van der Waals surface area contributed by atoms with E-state index in [1.54, 1.807) is 0 Å². The molecular formula is C17H21NO2. The van der Waals surface area contributed by atoms with Crippen molar-refractivity contribution in [1.29, 1.82) is 0 Å². The van der Waals surface area contributed by atoms with Crippen molar-refractivity contribution in [1.82, 2.24) is 4.98 Å². The zero-order valence-corrected chi connectivity index (χ0v) is 12.3. The average molecular weight is 271 g/mol. The molecule has 0 aliphatic rings. The summed E-state index contributed by atoms with van der Waals surface area (Å²) in [6.45, 7) is 6.55. The second-order valence-corrected chi connectivity index (χ2v) is 5.61. The van der Waals surface area contributed by atoms with E-state index in [0.29, 0.717) is 18.9 Å². The highest BCUT2D eigenvalue weighted by molar-refractivity contribution is 5.78. The maximum atomic E-state index is 11.7. The van der Waals surface area contributed by atoms with Gasteiger partial charge in [-0.2, -0.15) is 0 Å². The summed E-state index contributed by atoms with van der Waals surface area (Å²) in [5.74, 6) is 0.286. The third-order valence-electron chi connectivity index (χ3n) is 3.18. The van der Waals surface area contributed by atoms with Gasteiger partial charge < -0.3 is 4.74 Å². The molecule has 20 heavy (non-hydrogen) atoms. The lowest BCUT2D eigenvalue weighted by Crippen LogP contribution is -2.13. The van der Waals surface area contributed by atoms with Crippen molar-refractivity contribution in [2.24, 2.45) is 5.92 Å². The van der Waals surface area contributed by atoms with E-state index in [1.807, 2.05) is 57.2 Å². The van der Waals surface area contributed by atoms with Gasteiger partial charge in [0, 0.05) is 17.0 Å². The second-order valence-electron chi connectivity index (χ2n) is 5.61. The Morgan fingerprint density at radius 3 is 2.65 bits per heavy atom. The summed E-state index contributed by atoms with van der Waals surface area (Å²) in [4.78, 5) is 16.4. The molecule has 1 aromatic carbocycles. The minimum atomic E-state index is -0.152. The van der Waals surface area contributed by atoms with E-state index in [1.165, 1.54) is 0 Å². The number of rotatable bonds is 5. The molecule has 1 aromatic heterocycles. The molecular weight excluding hydrogens is 250 g/mol. The van der Waals surface area contributed by atoms with Crippen molar-refractivity contribution < 1.29 is 9.53 Å². The van der Waals surface area contributed by atoms with Crippen molar-refractivity contribution in [2.45, 2.75) is 33.1 Å². The Kier molecular flexibility index (Phi) is 4.72. The van der Waals surface area contributed by atoms with Gasteiger partial charge in [-0.1, -0.05) is 45.0 Å². The molecule has 0 N–H and O–H groups in total. The predicted octanol–water partition coefficient (Wildman–Crippen LogP) is 3.93. The van der Waals surface area contributed by atoms with Crippen LogP contribution in [0.5, 0.6) is 0 Å². The predicted molar refractivity (Wildman–Crippen MR) is 80.6 cm³/mol. The van der Waals surface area contributed by atoms with Gasteiger partial charge in [-0.15, -0.1) is 0 Å². The van der Waals surface area contributed by atoms with Crippen LogP contribution in [0, 0.1) is 5.92 Å². The van der Waals surface area contributed by atoms with E-state index in [9.17, 15) is 4.79 Å². The maximum absolute atomic E-state index is 11.7. The summed E-state index contributed by atoms with van der Waals surface area (Å²) in [6.07, 6.45) is 0.373. The molecule has 1 atom stereocenters. The number of aromatic nitrogens is 1. The Morgan fingerprint density at radius 2 is 1.90 bits per heavy atom. The summed E-state index contributed by atoms with van der Waals surface area (Å²) in [7, 11) is 0.